The van der Waals surface area contributed by atoms with Gasteiger partial charge in [-0.15, -0.1) is 0 Å². The van der Waals surface area contributed by atoms with Crippen LogP contribution < -0.4 is 15.2 Å². The van der Waals surface area contributed by atoms with Gasteiger partial charge in [0.15, 0.2) is 11.5 Å². The Hall–Kier alpha value is -1.22. The highest BCUT2D eigenvalue weighted by molar-refractivity contribution is 5.48. The van der Waals surface area contributed by atoms with Crippen LogP contribution in [0.25, 0.3) is 0 Å². The molecular formula is C18H25NO2. The second-order valence-electron chi connectivity index (χ2n) is 7.03. The summed E-state index contributed by atoms with van der Waals surface area (Å²) in [5, 5.41) is 0. The Balaban J connectivity index is 1.63. The molecule has 2 fully saturated rings. The topological polar surface area (TPSA) is 44.5 Å². The van der Waals surface area contributed by atoms with Crippen LogP contribution >= 0.6 is 0 Å². The molecule has 0 bridgehead atoms. The maximum Gasteiger partial charge on any atom is 0.251 e. The van der Waals surface area contributed by atoms with Crippen molar-refractivity contribution in [2.45, 2.75) is 69.0 Å². The van der Waals surface area contributed by atoms with Gasteiger partial charge in [-0.1, -0.05) is 25.3 Å². The van der Waals surface area contributed by atoms with E-state index in [1.807, 2.05) is 0 Å². The number of rotatable bonds is 2. The van der Waals surface area contributed by atoms with E-state index >= 15 is 0 Å². The van der Waals surface area contributed by atoms with Gasteiger partial charge < -0.3 is 15.2 Å². The lowest BCUT2D eigenvalue weighted by molar-refractivity contribution is -0.105. The molecule has 1 heterocycles. The Labute approximate surface area is 126 Å². The Bertz CT molecular complexity index is 528. The van der Waals surface area contributed by atoms with Crippen LogP contribution in [-0.2, 0) is 5.41 Å². The zero-order valence-corrected chi connectivity index (χ0v) is 12.7. The van der Waals surface area contributed by atoms with E-state index < -0.39 is 0 Å². The molecular weight excluding hydrogens is 262 g/mol. The summed E-state index contributed by atoms with van der Waals surface area (Å²) in [6.07, 6.45) is 10.7. The van der Waals surface area contributed by atoms with Gasteiger partial charge in [0.25, 0.3) is 5.79 Å². The van der Waals surface area contributed by atoms with Gasteiger partial charge in [-0.05, 0) is 43.4 Å². The van der Waals surface area contributed by atoms with E-state index in [2.05, 4.69) is 18.2 Å². The molecule has 0 atom stereocenters. The monoisotopic (exact) mass is 287 g/mol. The van der Waals surface area contributed by atoms with Crippen molar-refractivity contribution in [3.05, 3.63) is 23.8 Å². The second kappa shape index (κ2) is 4.91. The highest BCUT2D eigenvalue weighted by Crippen LogP contribution is 2.48. The van der Waals surface area contributed by atoms with E-state index in [9.17, 15) is 0 Å². The smallest absolute Gasteiger partial charge is 0.251 e. The van der Waals surface area contributed by atoms with E-state index in [0.717, 1.165) is 30.9 Å². The molecule has 3 nitrogen and oxygen atoms in total. The minimum Gasteiger partial charge on any atom is -0.448 e. The zero-order chi connectivity index (χ0) is 14.3. The Morgan fingerprint density at radius 3 is 2.24 bits per heavy atom. The molecule has 0 aromatic heterocycles. The lowest BCUT2D eigenvalue weighted by atomic mass is 9.79. The number of fused-ring (bicyclic) bond motifs is 1. The second-order valence-corrected chi connectivity index (χ2v) is 7.03. The molecule has 3 aliphatic rings. The normalized spacial score (nSPS) is 25.4. The van der Waals surface area contributed by atoms with Gasteiger partial charge in [0.1, 0.15) is 0 Å². The van der Waals surface area contributed by atoms with Crippen molar-refractivity contribution in [2.75, 3.05) is 6.54 Å². The van der Waals surface area contributed by atoms with Crippen molar-refractivity contribution in [1.82, 2.24) is 0 Å². The predicted molar refractivity (Wildman–Crippen MR) is 82.7 cm³/mol. The summed E-state index contributed by atoms with van der Waals surface area (Å²) in [6.45, 7) is 0.734. The fourth-order valence-corrected chi connectivity index (χ4v) is 4.38. The Morgan fingerprint density at radius 1 is 0.857 bits per heavy atom. The minimum absolute atomic E-state index is 0.167. The quantitative estimate of drug-likeness (QED) is 0.897. The molecule has 3 heteroatoms. The fraction of sp³-hybridized carbons (Fsp3) is 0.667. The molecule has 0 radical (unpaired) electrons. The van der Waals surface area contributed by atoms with Crippen molar-refractivity contribution >= 4 is 0 Å². The largest absolute Gasteiger partial charge is 0.448 e. The highest BCUT2D eigenvalue weighted by Gasteiger charge is 2.43. The van der Waals surface area contributed by atoms with Crippen LogP contribution in [0.1, 0.15) is 63.4 Å². The number of hydrogen-bond donors (Lipinski definition) is 1. The summed E-state index contributed by atoms with van der Waals surface area (Å²) in [7, 11) is 0. The Morgan fingerprint density at radius 2 is 1.52 bits per heavy atom. The number of benzene rings is 1. The van der Waals surface area contributed by atoms with Crippen LogP contribution in [0.3, 0.4) is 0 Å². The van der Waals surface area contributed by atoms with Crippen molar-refractivity contribution in [3.63, 3.8) is 0 Å². The van der Waals surface area contributed by atoms with Gasteiger partial charge in [-0.3, -0.25) is 0 Å². The molecule has 1 spiro atoms. The molecule has 2 aliphatic carbocycles. The predicted octanol–water partition coefficient (Wildman–Crippen LogP) is 3.89. The van der Waals surface area contributed by atoms with Gasteiger partial charge in [0, 0.05) is 24.8 Å². The van der Waals surface area contributed by atoms with Crippen LogP contribution in [0.4, 0.5) is 0 Å². The fourth-order valence-electron chi connectivity index (χ4n) is 4.38. The molecule has 114 valence electrons. The summed E-state index contributed by atoms with van der Waals surface area (Å²) in [4.78, 5) is 0. The van der Waals surface area contributed by atoms with Crippen molar-refractivity contribution in [2.24, 2.45) is 5.73 Å². The molecule has 1 aromatic rings. The standard InChI is InChI=1S/C18H25NO2/c19-13-17(8-4-5-9-17)14-6-7-15-16(12-14)21-18(20-15)10-2-1-3-11-18/h6-7,12H,1-5,8-11,13,19H2. The van der Waals surface area contributed by atoms with Gasteiger partial charge in [-0.25, -0.2) is 0 Å². The first-order valence-corrected chi connectivity index (χ1v) is 8.48. The molecule has 2 saturated carbocycles. The van der Waals surface area contributed by atoms with Crippen LogP contribution in [-0.4, -0.2) is 12.3 Å². The van der Waals surface area contributed by atoms with Crippen LogP contribution in [0.15, 0.2) is 18.2 Å². The average molecular weight is 287 g/mol. The van der Waals surface area contributed by atoms with Gasteiger partial charge in [0.2, 0.25) is 0 Å². The van der Waals surface area contributed by atoms with Crippen molar-refractivity contribution < 1.29 is 9.47 Å². The third-order valence-corrected chi connectivity index (χ3v) is 5.71. The average Bonchev–Trinajstić information content (AvgIpc) is 3.12. The van der Waals surface area contributed by atoms with E-state index in [1.165, 1.54) is 50.5 Å². The van der Waals surface area contributed by atoms with Crippen LogP contribution in [0, 0.1) is 0 Å². The first-order chi connectivity index (χ1) is 10.3. The summed E-state index contributed by atoms with van der Waals surface area (Å²) >= 11 is 0. The lowest BCUT2D eigenvalue weighted by Crippen LogP contribution is -2.40. The molecule has 0 unspecified atom stereocenters. The van der Waals surface area contributed by atoms with Crippen LogP contribution in [0.2, 0.25) is 0 Å². The van der Waals surface area contributed by atoms with Gasteiger partial charge in [-0.2, -0.15) is 0 Å². The zero-order valence-electron chi connectivity index (χ0n) is 12.7. The maximum atomic E-state index is 6.26. The molecule has 1 aliphatic heterocycles. The summed E-state index contributed by atoms with van der Waals surface area (Å²) in [6, 6.07) is 6.52. The van der Waals surface area contributed by atoms with Gasteiger partial charge >= 0.3 is 0 Å². The molecule has 1 aromatic carbocycles. The number of hydrogen-bond acceptors (Lipinski definition) is 3. The van der Waals surface area contributed by atoms with Crippen LogP contribution in [0.5, 0.6) is 11.5 Å². The summed E-state index contributed by atoms with van der Waals surface area (Å²) < 4.78 is 12.4. The lowest BCUT2D eigenvalue weighted by Gasteiger charge is -2.31. The summed E-state index contributed by atoms with van der Waals surface area (Å²) in [5.41, 5.74) is 7.62. The molecule has 4 rings (SSSR count). The molecule has 2 N–H and O–H groups in total. The first kappa shape index (κ1) is 13.4. The highest BCUT2D eigenvalue weighted by atomic mass is 16.7. The molecule has 21 heavy (non-hydrogen) atoms. The minimum atomic E-state index is -0.370. The first-order valence-electron chi connectivity index (χ1n) is 8.48. The van der Waals surface area contributed by atoms with E-state index in [-0.39, 0.29) is 11.2 Å². The van der Waals surface area contributed by atoms with E-state index in [1.54, 1.807) is 0 Å². The van der Waals surface area contributed by atoms with Crippen molar-refractivity contribution in [3.8, 4) is 11.5 Å². The molecule has 0 amide bonds. The number of ether oxygens (including phenoxy) is 2. The van der Waals surface area contributed by atoms with E-state index in [4.69, 9.17) is 15.2 Å². The SMILES string of the molecule is NCC1(c2ccc3c(c2)OC2(CCCCC2)O3)CCCC1. The third kappa shape index (κ3) is 2.13. The Kier molecular flexibility index (Phi) is 3.14. The number of nitrogens with two attached hydrogens (primary N) is 1. The maximum absolute atomic E-state index is 6.26. The van der Waals surface area contributed by atoms with E-state index in [0.29, 0.717) is 0 Å². The van der Waals surface area contributed by atoms with Gasteiger partial charge in [0.05, 0.1) is 0 Å². The van der Waals surface area contributed by atoms with Crippen molar-refractivity contribution in [1.29, 1.82) is 0 Å². The third-order valence-electron chi connectivity index (χ3n) is 5.71. The summed E-state index contributed by atoms with van der Waals surface area (Å²) in [5.74, 6) is 1.49. The molecule has 0 saturated heterocycles.